The van der Waals surface area contributed by atoms with E-state index in [1.807, 2.05) is 6.20 Å². The van der Waals surface area contributed by atoms with Gasteiger partial charge in [-0.15, -0.1) is 11.3 Å². The number of aromatic nitrogens is 1. The zero-order chi connectivity index (χ0) is 13.7. The number of carbonyl (C=O) groups is 2. The van der Waals surface area contributed by atoms with Crippen molar-refractivity contribution in [3.8, 4) is 0 Å². The van der Waals surface area contributed by atoms with Crippen LogP contribution in [0.2, 0.25) is 0 Å². The maximum absolute atomic E-state index is 11.7. The van der Waals surface area contributed by atoms with Gasteiger partial charge in [-0.05, 0) is 19.3 Å². The van der Waals surface area contributed by atoms with Crippen LogP contribution >= 0.6 is 11.3 Å². The monoisotopic (exact) mass is 282 g/mol. The second-order valence-electron chi connectivity index (χ2n) is 4.39. The van der Waals surface area contributed by atoms with Gasteiger partial charge in [0.05, 0.1) is 6.54 Å². The molecule has 0 unspecified atom stereocenters. The van der Waals surface area contributed by atoms with E-state index >= 15 is 0 Å². The first-order chi connectivity index (χ1) is 9.19. The molecule has 2 rings (SSSR count). The molecule has 1 aliphatic rings. The van der Waals surface area contributed by atoms with E-state index in [1.54, 1.807) is 11.3 Å². The van der Waals surface area contributed by atoms with Gasteiger partial charge in [0, 0.05) is 17.6 Å². The number of hydrogen-bond donors (Lipinski definition) is 3. The Morgan fingerprint density at radius 3 is 3.16 bits per heavy atom. The van der Waals surface area contributed by atoms with Crippen molar-refractivity contribution in [1.82, 2.24) is 20.9 Å². The molecule has 1 fully saturated rings. The van der Waals surface area contributed by atoms with Gasteiger partial charge in [0.15, 0.2) is 0 Å². The Kier molecular flexibility index (Phi) is 4.73. The summed E-state index contributed by atoms with van der Waals surface area (Å²) in [4.78, 5) is 28.6. The third-order valence-corrected chi connectivity index (χ3v) is 4.08. The molecule has 1 atom stereocenters. The van der Waals surface area contributed by atoms with Gasteiger partial charge in [0.2, 0.25) is 5.91 Å². The van der Waals surface area contributed by atoms with Crippen molar-refractivity contribution in [2.45, 2.75) is 38.8 Å². The van der Waals surface area contributed by atoms with Gasteiger partial charge in [-0.1, -0.05) is 6.92 Å². The largest absolute Gasteiger partial charge is 0.354 e. The molecule has 0 radical (unpaired) electrons. The lowest BCUT2D eigenvalue weighted by Crippen LogP contribution is -2.52. The summed E-state index contributed by atoms with van der Waals surface area (Å²) in [5, 5.41) is 9.00. The summed E-state index contributed by atoms with van der Waals surface area (Å²) < 4.78 is 0. The van der Waals surface area contributed by atoms with Crippen molar-refractivity contribution >= 4 is 23.3 Å². The Hall–Kier alpha value is -1.63. The zero-order valence-electron chi connectivity index (χ0n) is 10.9. The van der Waals surface area contributed by atoms with Crippen LogP contribution < -0.4 is 16.0 Å². The van der Waals surface area contributed by atoms with E-state index < -0.39 is 6.04 Å². The molecule has 0 aliphatic carbocycles. The van der Waals surface area contributed by atoms with Gasteiger partial charge in [-0.2, -0.15) is 0 Å². The van der Waals surface area contributed by atoms with Crippen molar-refractivity contribution in [3.05, 3.63) is 16.1 Å². The van der Waals surface area contributed by atoms with Crippen LogP contribution in [0.25, 0.3) is 0 Å². The van der Waals surface area contributed by atoms with Gasteiger partial charge >= 0.3 is 6.03 Å². The van der Waals surface area contributed by atoms with Crippen molar-refractivity contribution < 1.29 is 9.59 Å². The second kappa shape index (κ2) is 6.51. The smallest absolute Gasteiger partial charge is 0.315 e. The lowest BCUT2D eigenvalue weighted by molar-refractivity contribution is -0.124. The van der Waals surface area contributed by atoms with Crippen LogP contribution in [0.4, 0.5) is 4.79 Å². The zero-order valence-corrected chi connectivity index (χ0v) is 11.7. The predicted molar refractivity (Wildman–Crippen MR) is 72.9 cm³/mol. The molecule has 3 amide bonds. The van der Waals surface area contributed by atoms with E-state index in [4.69, 9.17) is 0 Å². The minimum Gasteiger partial charge on any atom is -0.354 e. The molecule has 1 aliphatic heterocycles. The summed E-state index contributed by atoms with van der Waals surface area (Å²) >= 11 is 1.59. The van der Waals surface area contributed by atoms with Gasteiger partial charge < -0.3 is 16.0 Å². The average molecular weight is 282 g/mol. The lowest BCUT2D eigenvalue weighted by Gasteiger charge is -2.22. The van der Waals surface area contributed by atoms with Gasteiger partial charge in [-0.25, -0.2) is 9.78 Å². The number of rotatable bonds is 4. The number of urea groups is 1. The predicted octanol–water partition coefficient (Wildman–Crippen LogP) is 0.783. The molecule has 0 bridgehead atoms. The SMILES string of the molecule is CCc1cnc(CNC(=O)N[C@H]2CCCNC2=O)s1. The average Bonchev–Trinajstić information content (AvgIpc) is 2.87. The molecule has 7 heteroatoms. The molecule has 0 saturated carbocycles. The summed E-state index contributed by atoms with van der Waals surface area (Å²) in [5.41, 5.74) is 0. The lowest BCUT2D eigenvalue weighted by atomic mass is 10.1. The summed E-state index contributed by atoms with van der Waals surface area (Å²) in [6.07, 6.45) is 4.36. The molecule has 19 heavy (non-hydrogen) atoms. The molecule has 6 nitrogen and oxygen atoms in total. The molecule has 104 valence electrons. The molecular weight excluding hydrogens is 264 g/mol. The van der Waals surface area contributed by atoms with Crippen LogP contribution in [0.3, 0.4) is 0 Å². The first-order valence-electron chi connectivity index (χ1n) is 6.44. The Morgan fingerprint density at radius 1 is 1.63 bits per heavy atom. The van der Waals surface area contributed by atoms with E-state index in [2.05, 4.69) is 27.9 Å². The molecular formula is C12H18N4O2S. The first-order valence-corrected chi connectivity index (χ1v) is 7.26. The Balaban J connectivity index is 1.76. The number of nitrogens with one attached hydrogen (secondary N) is 3. The number of piperidine rings is 1. The van der Waals surface area contributed by atoms with Crippen LogP contribution in [-0.2, 0) is 17.8 Å². The Labute approximate surface area is 116 Å². The van der Waals surface area contributed by atoms with Crippen LogP contribution in [-0.4, -0.2) is 29.5 Å². The van der Waals surface area contributed by atoms with Gasteiger partial charge in [0.1, 0.15) is 11.0 Å². The topological polar surface area (TPSA) is 83.1 Å². The Morgan fingerprint density at radius 2 is 2.47 bits per heavy atom. The number of amides is 3. The molecule has 1 saturated heterocycles. The van der Waals surface area contributed by atoms with E-state index in [0.29, 0.717) is 19.5 Å². The van der Waals surface area contributed by atoms with Crippen molar-refractivity contribution in [1.29, 1.82) is 0 Å². The van der Waals surface area contributed by atoms with Gasteiger partial charge in [-0.3, -0.25) is 4.79 Å². The highest BCUT2D eigenvalue weighted by molar-refractivity contribution is 7.11. The van der Waals surface area contributed by atoms with Gasteiger partial charge in [0.25, 0.3) is 0 Å². The van der Waals surface area contributed by atoms with E-state index in [-0.39, 0.29) is 11.9 Å². The highest BCUT2D eigenvalue weighted by Crippen LogP contribution is 2.12. The maximum Gasteiger partial charge on any atom is 0.315 e. The number of carbonyl (C=O) groups excluding carboxylic acids is 2. The van der Waals surface area contributed by atoms with Crippen molar-refractivity contribution in [2.24, 2.45) is 0 Å². The molecule has 2 heterocycles. The van der Waals surface area contributed by atoms with Crippen molar-refractivity contribution in [2.75, 3.05) is 6.54 Å². The minimum absolute atomic E-state index is 0.107. The highest BCUT2D eigenvalue weighted by Gasteiger charge is 2.23. The molecule has 0 aromatic carbocycles. The third-order valence-electron chi connectivity index (χ3n) is 2.94. The number of aryl methyl sites for hydroxylation is 1. The quantitative estimate of drug-likeness (QED) is 0.763. The molecule has 1 aromatic heterocycles. The van der Waals surface area contributed by atoms with E-state index in [1.165, 1.54) is 4.88 Å². The van der Waals surface area contributed by atoms with Crippen molar-refractivity contribution in [3.63, 3.8) is 0 Å². The van der Waals surface area contributed by atoms with Crippen LogP contribution in [0.15, 0.2) is 6.20 Å². The fraction of sp³-hybridized carbons (Fsp3) is 0.583. The maximum atomic E-state index is 11.7. The summed E-state index contributed by atoms with van der Waals surface area (Å²) in [5.74, 6) is -0.107. The van der Waals surface area contributed by atoms with E-state index in [0.717, 1.165) is 17.8 Å². The first kappa shape index (κ1) is 13.8. The molecule has 3 N–H and O–H groups in total. The normalized spacial score (nSPS) is 18.8. The van der Waals surface area contributed by atoms with Crippen LogP contribution in [0, 0.1) is 0 Å². The molecule has 0 spiro atoms. The number of thiazole rings is 1. The second-order valence-corrected chi connectivity index (χ2v) is 5.59. The Bertz CT molecular complexity index is 460. The number of hydrogen-bond acceptors (Lipinski definition) is 4. The fourth-order valence-electron chi connectivity index (χ4n) is 1.87. The van der Waals surface area contributed by atoms with Crippen LogP contribution in [0.5, 0.6) is 0 Å². The third kappa shape index (κ3) is 3.92. The van der Waals surface area contributed by atoms with E-state index in [9.17, 15) is 9.59 Å². The standard InChI is InChI=1S/C12H18N4O2S/c1-2-8-6-14-10(19-8)7-15-12(18)16-9-4-3-5-13-11(9)17/h6,9H,2-5,7H2,1H3,(H,13,17)(H2,15,16,18)/t9-/m0/s1. The summed E-state index contributed by atoms with van der Waals surface area (Å²) in [6, 6.07) is -0.744. The van der Waals surface area contributed by atoms with Crippen LogP contribution in [0.1, 0.15) is 29.7 Å². The summed E-state index contributed by atoms with van der Waals surface area (Å²) in [6.45, 7) is 3.15. The fourth-order valence-corrected chi connectivity index (χ4v) is 2.67. The minimum atomic E-state index is -0.420. The molecule has 1 aromatic rings. The number of nitrogens with zero attached hydrogens (tertiary/aromatic N) is 1. The summed E-state index contributed by atoms with van der Waals surface area (Å²) in [7, 11) is 0. The highest BCUT2D eigenvalue weighted by atomic mass is 32.1.